The molecule has 2 bridgehead atoms. The number of fused-ring (bicyclic) bond motifs is 3. The molecule has 0 saturated carbocycles. The number of benzene rings is 1. The van der Waals surface area contributed by atoms with Crippen LogP contribution in [0.1, 0.15) is 32.6 Å². The summed E-state index contributed by atoms with van der Waals surface area (Å²) in [6, 6.07) is 8.62. The van der Waals surface area contributed by atoms with E-state index in [9.17, 15) is 4.79 Å². The SMILES string of the molecule is COCCN1C2CCC1CC(=NNC(=O)C(C)Nc1nc3ccccc3s1)C2. The van der Waals surface area contributed by atoms with Crippen molar-refractivity contribution < 1.29 is 9.53 Å². The Balaban J connectivity index is 1.31. The predicted octanol–water partition coefficient (Wildman–Crippen LogP) is 2.84. The van der Waals surface area contributed by atoms with Crippen molar-refractivity contribution in [2.75, 3.05) is 25.6 Å². The van der Waals surface area contributed by atoms with E-state index in [-0.39, 0.29) is 5.91 Å². The quantitative estimate of drug-likeness (QED) is 0.698. The lowest BCUT2D eigenvalue weighted by Gasteiger charge is -2.35. The molecule has 2 aliphatic heterocycles. The van der Waals surface area contributed by atoms with Crippen LogP contribution in [0.3, 0.4) is 0 Å². The maximum atomic E-state index is 12.5. The number of hydrogen-bond donors (Lipinski definition) is 2. The number of amides is 1. The van der Waals surface area contributed by atoms with Crippen LogP contribution in [0, 0.1) is 0 Å². The van der Waals surface area contributed by atoms with Crippen molar-refractivity contribution in [3.05, 3.63) is 24.3 Å². The molecule has 3 unspecified atom stereocenters. The Hall–Kier alpha value is -2.03. The van der Waals surface area contributed by atoms with Crippen molar-refractivity contribution in [1.29, 1.82) is 0 Å². The highest BCUT2D eigenvalue weighted by atomic mass is 32.1. The molecular weight excluding hydrogens is 374 g/mol. The van der Waals surface area contributed by atoms with Crippen LogP contribution in [0.4, 0.5) is 5.13 Å². The third-order valence-corrected chi connectivity index (χ3v) is 6.59. The lowest BCUT2D eigenvalue weighted by atomic mass is 10.0. The Bertz CT molecular complexity index is 818. The van der Waals surface area contributed by atoms with Crippen LogP contribution in [0.25, 0.3) is 10.2 Å². The predicted molar refractivity (Wildman–Crippen MR) is 113 cm³/mol. The second-order valence-corrected chi connectivity index (χ2v) is 8.56. The van der Waals surface area contributed by atoms with Crippen molar-refractivity contribution in [3.63, 3.8) is 0 Å². The second-order valence-electron chi connectivity index (χ2n) is 7.53. The molecule has 2 aromatic rings. The van der Waals surface area contributed by atoms with E-state index in [1.807, 2.05) is 31.2 Å². The number of hydrazone groups is 1. The first kappa shape index (κ1) is 19.3. The van der Waals surface area contributed by atoms with Crippen LogP contribution in [-0.2, 0) is 9.53 Å². The summed E-state index contributed by atoms with van der Waals surface area (Å²) in [5.74, 6) is -0.138. The first-order valence-electron chi connectivity index (χ1n) is 9.86. The Morgan fingerprint density at radius 3 is 2.82 bits per heavy atom. The molecule has 7 nitrogen and oxygen atoms in total. The van der Waals surface area contributed by atoms with Gasteiger partial charge in [-0.2, -0.15) is 5.10 Å². The van der Waals surface area contributed by atoms with Crippen molar-refractivity contribution >= 4 is 38.3 Å². The zero-order chi connectivity index (χ0) is 19.5. The smallest absolute Gasteiger partial charge is 0.262 e. The maximum Gasteiger partial charge on any atom is 0.262 e. The van der Waals surface area contributed by atoms with Gasteiger partial charge in [0.15, 0.2) is 5.13 Å². The Labute approximate surface area is 169 Å². The lowest BCUT2D eigenvalue weighted by Crippen LogP contribution is -2.45. The maximum absolute atomic E-state index is 12.5. The van der Waals surface area contributed by atoms with Crippen LogP contribution in [-0.4, -0.2) is 59.9 Å². The van der Waals surface area contributed by atoms with Gasteiger partial charge in [-0.25, -0.2) is 10.4 Å². The molecule has 0 radical (unpaired) electrons. The molecule has 0 spiro atoms. The molecule has 1 amide bonds. The van der Waals surface area contributed by atoms with Gasteiger partial charge >= 0.3 is 0 Å². The minimum Gasteiger partial charge on any atom is -0.383 e. The monoisotopic (exact) mass is 401 g/mol. The van der Waals surface area contributed by atoms with E-state index in [0.717, 1.165) is 47.1 Å². The van der Waals surface area contributed by atoms with Gasteiger partial charge in [-0.3, -0.25) is 9.69 Å². The molecule has 4 rings (SSSR count). The molecule has 0 aliphatic carbocycles. The molecule has 3 atom stereocenters. The van der Waals surface area contributed by atoms with Crippen LogP contribution in [0.15, 0.2) is 29.4 Å². The number of ether oxygens (including phenoxy) is 1. The topological polar surface area (TPSA) is 78.8 Å². The average molecular weight is 402 g/mol. The van der Waals surface area contributed by atoms with Gasteiger partial charge in [0.25, 0.3) is 5.91 Å². The molecule has 1 aromatic heterocycles. The lowest BCUT2D eigenvalue weighted by molar-refractivity contribution is -0.121. The molecule has 28 heavy (non-hydrogen) atoms. The Morgan fingerprint density at radius 1 is 1.36 bits per heavy atom. The van der Waals surface area contributed by atoms with Gasteiger partial charge in [-0.05, 0) is 31.9 Å². The number of nitrogens with zero attached hydrogens (tertiary/aromatic N) is 3. The minimum atomic E-state index is -0.400. The highest BCUT2D eigenvalue weighted by Gasteiger charge is 2.38. The number of methoxy groups -OCH3 is 1. The van der Waals surface area contributed by atoms with E-state index in [1.54, 1.807) is 18.4 Å². The van der Waals surface area contributed by atoms with Gasteiger partial charge in [0.2, 0.25) is 0 Å². The number of thiazole rings is 1. The summed E-state index contributed by atoms with van der Waals surface area (Å²) in [6.45, 7) is 3.58. The van der Waals surface area contributed by atoms with Crippen molar-refractivity contribution in [3.8, 4) is 0 Å². The van der Waals surface area contributed by atoms with Gasteiger partial charge in [-0.15, -0.1) is 0 Å². The minimum absolute atomic E-state index is 0.138. The van der Waals surface area contributed by atoms with E-state index >= 15 is 0 Å². The second kappa shape index (κ2) is 8.55. The Kier molecular flexibility index (Phi) is 5.89. The molecule has 150 valence electrons. The van der Waals surface area contributed by atoms with Crippen molar-refractivity contribution in [2.45, 2.75) is 50.7 Å². The standard InChI is InChI=1S/C20H27N5O2S/c1-13(21-20-22-17-5-3-4-6-18(17)28-20)19(26)24-23-14-11-15-7-8-16(12-14)25(15)9-10-27-2/h3-6,13,15-16H,7-12H2,1-2H3,(H,21,22)(H,24,26). The van der Waals surface area contributed by atoms with E-state index in [1.165, 1.54) is 12.8 Å². The first-order valence-corrected chi connectivity index (χ1v) is 10.7. The summed E-state index contributed by atoms with van der Waals surface area (Å²) in [7, 11) is 1.75. The van der Waals surface area contributed by atoms with Crippen LogP contribution < -0.4 is 10.7 Å². The van der Waals surface area contributed by atoms with Crippen molar-refractivity contribution in [2.24, 2.45) is 5.10 Å². The van der Waals surface area contributed by atoms with E-state index in [4.69, 9.17) is 4.74 Å². The molecule has 1 aromatic carbocycles. The molecule has 2 fully saturated rings. The van der Waals surface area contributed by atoms with Crippen LogP contribution in [0.2, 0.25) is 0 Å². The fraction of sp³-hybridized carbons (Fsp3) is 0.550. The average Bonchev–Trinajstić information content (AvgIpc) is 3.20. The molecule has 2 saturated heterocycles. The molecule has 2 aliphatic rings. The van der Waals surface area contributed by atoms with E-state index in [0.29, 0.717) is 12.1 Å². The van der Waals surface area contributed by atoms with Gasteiger partial charge in [0.1, 0.15) is 6.04 Å². The number of carbonyl (C=O) groups excluding carboxylic acids is 1. The zero-order valence-corrected chi connectivity index (χ0v) is 17.2. The number of aromatic nitrogens is 1. The summed E-state index contributed by atoms with van der Waals surface area (Å²) < 4.78 is 6.33. The van der Waals surface area contributed by atoms with Gasteiger partial charge in [-0.1, -0.05) is 23.5 Å². The first-order chi connectivity index (χ1) is 13.6. The fourth-order valence-corrected chi connectivity index (χ4v) is 5.10. The summed E-state index contributed by atoms with van der Waals surface area (Å²) >= 11 is 1.55. The number of carbonyl (C=O) groups is 1. The summed E-state index contributed by atoms with van der Waals surface area (Å²) in [6.07, 6.45) is 4.27. The number of rotatable bonds is 7. The fourth-order valence-electron chi connectivity index (χ4n) is 4.15. The molecule has 2 N–H and O–H groups in total. The van der Waals surface area contributed by atoms with Gasteiger partial charge in [0, 0.05) is 44.3 Å². The Morgan fingerprint density at radius 2 is 2.11 bits per heavy atom. The van der Waals surface area contributed by atoms with Crippen molar-refractivity contribution in [1.82, 2.24) is 15.3 Å². The number of nitrogens with one attached hydrogen (secondary N) is 2. The largest absolute Gasteiger partial charge is 0.383 e. The van der Waals surface area contributed by atoms with Crippen LogP contribution in [0.5, 0.6) is 0 Å². The van der Waals surface area contributed by atoms with E-state index in [2.05, 4.69) is 25.7 Å². The summed E-state index contributed by atoms with van der Waals surface area (Å²) in [5.41, 5.74) is 4.80. The summed E-state index contributed by atoms with van der Waals surface area (Å²) in [4.78, 5) is 19.5. The molecular formula is C20H27N5O2S. The number of piperidine rings is 1. The number of hydrogen-bond acceptors (Lipinski definition) is 7. The highest BCUT2D eigenvalue weighted by molar-refractivity contribution is 7.22. The highest BCUT2D eigenvalue weighted by Crippen LogP contribution is 2.34. The number of anilines is 1. The third kappa shape index (κ3) is 4.19. The number of para-hydroxylation sites is 1. The third-order valence-electron chi connectivity index (χ3n) is 5.62. The van der Waals surface area contributed by atoms with Gasteiger partial charge < -0.3 is 10.1 Å². The molecule has 8 heteroatoms. The summed E-state index contributed by atoms with van der Waals surface area (Å²) in [5, 5.41) is 8.38. The molecule has 3 heterocycles. The van der Waals surface area contributed by atoms with E-state index < -0.39 is 6.04 Å². The van der Waals surface area contributed by atoms with Crippen LogP contribution >= 0.6 is 11.3 Å². The normalized spacial score (nSPS) is 23.0. The van der Waals surface area contributed by atoms with Gasteiger partial charge in [0.05, 0.1) is 16.8 Å². The zero-order valence-electron chi connectivity index (χ0n) is 16.4.